The van der Waals surface area contributed by atoms with E-state index in [2.05, 4.69) is 39.4 Å². The molecule has 0 saturated carbocycles. The van der Waals surface area contributed by atoms with E-state index in [9.17, 15) is 0 Å². The molecule has 0 aromatic carbocycles. The van der Waals surface area contributed by atoms with Gasteiger partial charge in [0.1, 0.15) is 5.82 Å². The van der Waals surface area contributed by atoms with Crippen LogP contribution in [0.4, 0.5) is 0 Å². The fraction of sp³-hybridized carbons (Fsp3) is 0.571. The molecule has 0 spiro atoms. The van der Waals surface area contributed by atoms with Gasteiger partial charge in [0.15, 0.2) is 5.65 Å². The quantitative estimate of drug-likeness (QED) is 0.812. The average molecular weight is 244 g/mol. The third kappa shape index (κ3) is 1.90. The zero-order valence-electron chi connectivity index (χ0n) is 11.1. The summed E-state index contributed by atoms with van der Waals surface area (Å²) in [5.41, 5.74) is 2.19. The van der Waals surface area contributed by atoms with E-state index in [0.29, 0.717) is 5.92 Å². The Bertz CT molecular complexity index is 546. The molecule has 0 bridgehead atoms. The number of aromatic nitrogens is 3. The summed E-state index contributed by atoms with van der Waals surface area (Å²) in [5, 5.41) is 8.73. The Kier molecular flexibility index (Phi) is 3.04. The minimum atomic E-state index is 0.523. The van der Waals surface area contributed by atoms with E-state index in [0.717, 1.165) is 24.6 Å². The van der Waals surface area contributed by atoms with Gasteiger partial charge in [-0.2, -0.15) is 0 Å². The summed E-state index contributed by atoms with van der Waals surface area (Å²) in [4.78, 5) is 2.51. The van der Waals surface area contributed by atoms with Crippen molar-refractivity contribution in [3.8, 4) is 0 Å². The van der Waals surface area contributed by atoms with Crippen molar-refractivity contribution in [2.45, 2.75) is 32.6 Å². The molecule has 1 atom stereocenters. The van der Waals surface area contributed by atoms with Crippen molar-refractivity contribution in [1.29, 1.82) is 0 Å². The standard InChI is InChI=1S/C14H20N4/c1-3-17-9-5-7-12(10-17)14-16-15-13-8-4-6-11(2)18(13)14/h4,6,8,12H,3,5,7,9-10H2,1-2H3. The number of piperidine rings is 1. The topological polar surface area (TPSA) is 33.4 Å². The Morgan fingerprint density at radius 2 is 2.22 bits per heavy atom. The number of hydrogen-bond acceptors (Lipinski definition) is 3. The average Bonchev–Trinajstić information content (AvgIpc) is 2.84. The van der Waals surface area contributed by atoms with Crippen LogP contribution in [0, 0.1) is 6.92 Å². The first kappa shape index (κ1) is 11.7. The molecule has 4 nitrogen and oxygen atoms in total. The molecule has 96 valence electrons. The van der Waals surface area contributed by atoms with Crippen LogP contribution < -0.4 is 0 Å². The normalized spacial score (nSPS) is 21.6. The summed E-state index contributed by atoms with van der Waals surface area (Å²) < 4.78 is 2.21. The number of likely N-dealkylation sites (tertiary alicyclic amines) is 1. The molecule has 0 aliphatic carbocycles. The maximum Gasteiger partial charge on any atom is 0.160 e. The van der Waals surface area contributed by atoms with Crippen LogP contribution in [0.15, 0.2) is 18.2 Å². The number of aryl methyl sites for hydroxylation is 1. The molecule has 3 rings (SSSR count). The van der Waals surface area contributed by atoms with Crippen LogP contribution in [0.1, 0.15) is 37.2 Å². The Morgan fingerprint density at radius 3 is 3.06 bits per heavy atom. The van der Waals surface area contributed by atoms with Crippen molar-refractivity contribution in [1.82, 2.24) is 19.5 Å². The van der Waals surface area contributed by atoms with Gasteiger partial charge in [-0.25, -0.2) is 0 Å². The van der Waals surface area contributed by atoms with E-state index >= 15 is 0 Å². The lowest BCUT2D eigenvalue weighted by Gasteiger charge is -2.30. The second kappa shape index (κ2) is 4.69. The summed E-state index contributed by atoms with van der Waals surface area (Å²) >= 11 is 0. The van der Waals surface area contributed by atoms with E-state index in [1.165, 1.54) is 25.1 Å². The highest BCUT2D eigenvalue weighted by molar-refractivity contribution is 5.40. The van der Waals surface area contributed by atoms with Gasteiger partial charge >= 0.3 is 0 Å². The second-order valence-corrected chi connectivity index (χ2v) is 5.15. The predicted molar refractivity (Wildman–Crippen MR) is 71.8 cm³/mol. The van der Waals surface area contributed by atoms with Gasteiger partial charge in [0, 0.05) is 18.2 Å². The van der Waals surface area contributed by atoms with Gasteiger partial charge in [-0.05, 0) is 45.0 Å². The smallest absolute Gasteiger partial charge is 0.160 e. The molecule has 1 unspecified atom stereocenters. The maximum absolute atomic E-state index is 4.43. The van der Waals surface area contributed by atoms with Gasteiger partial charge < -0.3 is 4.90 Å². The number of likely N-dealkylation sites (N-methyl/N-ethyl adjacent to an activating group) is 1. The van der Waals surface area contributed by atoms with Crippen LogP contribution in [0.25, 0.3) is 5.65 Å². The summed E-state index contributed by atoms with van der Waals surface area (Å²) in [5.74, 6) is 1.66. The SMILES string of the molecule is CCN1CCCC(c2nnc3cccc(C)n23)C1. The van der Waals surface area contributed by atoms with Crippen molar-refractivity contribution >= 4 is 5.65 Å². The number of hydrogen-bond donors (Lipinski definition) is 0. The maximum atomic E-state index is 4.43. The molecule has 1 fully saturated rings. The zero-order chi connectivity index (χ0) is 12.5. The molecule has 2 aromatic rings. The first-order valence-corrected chi connectivity index (χ1v) is 6.82. The van der Waals surface area contributed by atoms with Crippen LogP contribution >= 0.6 is 0 Å². The van der Waals surface area contributed by atoms with Gasteiger partial charge in [-0.1, -0.05) is 13.0 Å². The Balaban J connectivity index is 1.99. The van der Waals surface area contributed by atoms with Crippen LogP contribution in [0.5, 0.6) is 0 Å². The van der Waals surface area contributed by atoms with E-state index in [4.69, 9.17) is 0 Å². The molecule has 1 aliphatic rings. The summed E-state index contributed by atoms with van der Waals surface area (Å²) in [6, 6.07) is 6.20. The van der Waals surface area contributed by atoms with Crippen molar-refractivity contribution in [3.63, 3.8) is 0 Å². The van der Waals surface area contributed by atoms with Gasteiger partial charge in [0.05, 0.1) is 0 Å². The zero-order valence-corrected chi connectivity index (χ0v) is 11.1. The lowest BCUT2D eigenvalue weighted by atomic mass is 9.97. The Morgan fingerprint density at radius 1 is 1.33 bits per heavy atom. The lowest BCUT2D eigenvalue weighted by Crippen LogP contribution is -2.34. The minimum Gasteiger partial charge on any atom is -0.303 e. The molecular weight excluding hydrogens is 224 g/mol. The van der Waals surface area contributed by atoms with E-state index in [1.54, 1.807) is 0 Å². The molecule has 1 saturated heterocycles. The molecule has 0 N–H and O–H groups in total. The largest absolute Gasteiger partial charge is 0.303 e. The molecule has 2 aromatic heterocycles. The number of pyridine rings is 1. The highest BCUT2D eigenvalue weighted by Gasteiger charge is 2.24. The van der Waals surface area contributed by atoms with Crippen LogP contribution in [-0.2, 0) is 0 Å². The number of fused-ring (bicyclic) bond motifs is 1. The van der Waals surface area contributed by atoms with Gasteiger partial charge in [-0.15, -0.1) is 10.2 Å². The number of nitrogens with zero attached hydrogens (tertiary/aromatic N) is 4. The third-order valence-electron chi connectivity index (χ3n) is 3.97. The van der Waals surface area contributed by atoms with Crippen molar-refractivity contribution in [2.75, 3.05) is 19.6 Å². The monoisotopic (exact) mass is 244 g/mol. The third-order valence-corrected chi connectivity index (χ3v) is 3.97. The molecule has 0 radical (unpaired) electrons. The summed E-state index contributed by atoms with van der Waals surface area (Å²) in [6.45, 7) is 7.83. The van der Waals surface area contributed by atoms with Gasteiger partial charge in [0.25, 0.3) is 0 Å². The number of rotatable bonds is 2. The second-order valence-electron chi connectivity index (χ2n) is 5.15. The molecule has 1 aliphatic heterocycles. The van der Waals surface area contributed by atoms with Crippen molar-refractivity contribution in [3.05, 3.63) is 29.7 Å². The van der Waals surface area contributed by atoms with E-state index in [-0.39, 0.29) is 0 Å². The molecule has 3 heterocycles. The highest BCUT2D eigenvalue weighted by Crippen LogP contribution is 2.26. The van der Waals surface area contributed by atoms with E-state index in [1.807, 2.05) is 12.1 Å². The summed E-state index contributed by atoms with van der Waals surface area (Å²) in [7, 11) is 0. The highest BCUT2D eigenvalue weighted by atomic mass is 15.3. The van der Waals surface area contributed by atoms with Crippen molar-refractivity contribution in [2.24, 2.45) is 0 Å². The predicted octanol–water partition coefficient (Wildman–Crippen LogP) is 2.24. The lowest BCUT2D eigenvalue weighted by molar-refractivity contribution is 0.213. The molecule has 18 heavy (non-hydrogen) atoms. The van der Waals surface area contributed by atoms with Crippen LogP contribution in [0.3, 0.4) is 0 Å². The van der Waals surface area contributed by atoms with Crippen LogP contribution in [-0.4, -0.2) is 39.1 Å². The van der Waals surface area contributed by atoms with Crippen molar-refractivity contribution < 1.29 is 0 Å². The van der Waals surface area contributed by atoms with E-state index < -0.39 is 0 Å². The fourth-order valence-corrected chi connectivity index (χ4v) is 2.94. The van der Waals surface area contributed by atoms with Gasteiger partial charge in [-0.3, -0.25) is 4.40 Å². The van der Waals surface area contributed by atoms with Crippen LogP contribution in [0.2, 0.25) is 0 Å². The molecule has 0 amide bonds. The minimum absolute atomic E-state index is 0.523. The first-order valence-electron chi connectivity index (χ1n) is 6.82. The Hall–Kier alpha value is -1.42. The molecular formula is C14H20N4. The Labute approximate surface area is 108 Å². The summed E-state index contributed by atoms with van der Waals surface area (Å²) in [6.07, 6.45) is 2.49. The first-order chi connectivity index (χ1) is 8.79. The van der Waals surface area contributed by atoms with Gasteiger partial charge in [0.2, 0.25) is 0 Å². The fourth-order valence-electron chi connectivity index (χ4n) is 2.94. The molecule has 4 heteroatoms.